The lowest BCUT2D eigenvalue weighted by Crippen LogP contribution is -2.49. The summed E-state index contributed by atoms with van der Waals surface area (Å²) < 4.78 is 1.59. The standard InChI is InChI=1S/C14H22ClN3O2/c1-9-11(14(15)17(3)16-9)8-13(20)18-7-5-4-6-12(18)10(2)19/h10,12,19H,4-8H2,1-3H3. The summed E-state index contributed by atoms with van der Waals surface area (Å²) in [6.45, 7) is 4.32. The van der Waals surface area contributed by atoms with E-state index >= 15 is 0 Å². The Morgan fingerprint density at radius 3 is 2.80 bits per heavy atom. The Bertz CT molecular complexity index is 499. The van der Waals surface area contributed by atoms with Crippen molar-refractivity contribution >= 4 is 17.5 Å². The van der Waals surface area contributed by atoms with Crippen LogP contribution in [-0.4, -0.2) is 44.4 Å². The van der Waals surface area contributed by atoms with E-state index in [-0.39, 0.29) is 18.4 Å². The van der Waals surface area contributed by atoms with Gasteiger partial charge in [-0.25, -0.2) is 0 Å². The molecule has 2 heterocycles. The first-order chi connectivity index (χ1) is 9.41. The van der Waals surface area contributed by atoms with Crippen LogP contribution in [0.1, 0.15) is 37.4 Å². The number of piperidine rings is 1. The highest BCUT2D eigenvalue weighted by Crippen LogP contribution is 2.24. The Morgan fingerprint density at radius 2 is 2.25 bits per heavy atom. The van der Waals surface area contributed by atoms with Crippen LogP contribution in [0.5, 0.6) is 0 Å². The summed E-state index contributed by atoms with van der Waals surface area (Å²) >= 11 is 6.18. The first-order valence-electron chi connectivity index (χ1n) is 7.07. The molecule has 1 fully saturated rings. The fraction of sp³-hybridized carbons (Fsp3) is 0.714. The molecule has 0 aliphatic carbocycles. The van der Waals surface area contributed by atoms with Crippen molar-refractivity contribution in [3.8, 4) is 0 Å². The minimum atomic E-state index is -0.496. The molecule has 2 atom stereocenters. The van der Waals surface area contributed by atoms with Gasteiger partial charge >= 0.3 is 0 Å². The minimum absolute atomic E-state index is 0.0219. The Labute approximate surface area is 124 Å². The lowest BCUT2D eigenvalue weighted by molar-refractivity contribution is -0.136. The number of hydrogen-bond donors (Lipinski definition) is 1. The van der Waals surface area contributed by atoms with Gasteiger partial charge in [-0.15, -0.1) is 0 Å². The number of halogens is 1. The van der Waals surface area contributed by atoms with Crippen LogP contribution in [0, 0.1) is 6.92 Å². The fourth-order valence-electron chi connectivity index (χ4n) is 2.90. The molecule has 0 spiro atoms. The Morgan fingerprint density at radius 1 is 1.55 bits per heavy atom. The molecule has 1 aliphatic rings. The van der Waals surface area contributed by atoms with Gasteiger partial charge in [-0.2, -0.15) is 5.10 Å². The van der Waals surface area contributed by atoms with E-state index in [9.17, 15) is 9.90 Å². The van der Waals surface area contributed by atoms with E-state index in [2.05, 4.69) is 5.10 Å². The third-order valence-electron chi connectivity index (χ3n) is 4.02. The van der Waals surface area contributed by atoms with Gasteiger partial charge in [-0.05, 0) is 33.1 Å². The largest absolute Gasteiger partial charge is 0.391 e. The summed E-state index contributed by atoms with van der Waals surface area (Å²) in [7, 11) is 1.77. The zero-order valence-electron chi connectivity index (χ0n) is 12.3. The van der Waals surface area contributed by atoms with E-state index in [0.717, 1.165) is 30.5 Å². The Hall–Kier alpha value is -1.07. The number of aliphatic hydroxyl groups excluding tert-OH is 1. The molecular weight excluding hydrogens is 278 g/mol. The molecule has 0 radical (unpaired) electrons. The molecule has 1 aromatic heterocycles. The summed E-state index contributed by atoms with van der Waals surface area (Å²) in [6, 6.07) is -0.0768. The zero-order chi connectivity index (χ0) is 14.9. The van der Waals surface area contributed by atoms with Crippen molar-refractivity contribution in [3.05, 3.63) is 16.4 Å². The van der Waals surface area contributed by atoms with Crippen LogP contribution in [0.25, 0.3) is 0 Å². The summed E-state index contributed by atoms with van der Waals surface area (Å²) in [5.41, 5.74) is 1.57. The number of carbonyl (C=O) groups excluding carboxylic acids is 1. The second kappa shape index (κ2) is 6.14. The van der Waals surface area contributed by atoms with Crippen LogP contribution in [0.2, 0.25) is 5.15 Å². The molecule has 1 N–H and O–H groups in total. The van der Waals surface area contributed by atoms with Crippen LogP contribution in [0.3, 0.4) is 0 Å². The molecule has 5 nitrogen and oxygen atoms in total. The molecule has 1 aromatic rings. The van der Waals surface area contributed by atoms with Gasteiger partial charge in [0.15, 0.2) is 0 Å². The first-order valence-corrected chi connectivity index (χ1v) is 7.45. The minimum Gasteiger partial charge on any atom is -0.391 e. The van der Waals surface area contributed by atoms with Gasteiger partial charge in [0.2, 0.25) is 5.91 Å². The van der Waals surface area contributed by atoms with Crippen molar-refractivity contribution in [3.63, 3.8) is 0 Å². The number of aryl methyl sites for hydroxylation is 2. The van der Waals surface area contributed by atoms with Gasteiger partial charge < -0.3 is 10.0 Å². The average Bonchev–Trinajstić information content (AvgIpc) is 2.65. The van der Waals surface area contributed by atoms with Crippen molar-refractivity contribution in [1.82, 2.24) is 14.7 Å². The van der Waals surface area contributed by atoms with Gasteiger partial charge in [0, 0.05) is 19.2 Å². The number of nitrogens with zero attached hydrogens (tertiary/aromatic N) is 3. The number of aliphatic hydroxyl groups is 1. The average molecular weight is 300 g/mol. The van der Waals surface area contributed by atoms with Crippen LogP contribution in [-0.2, 0) is 18.3 Å². The molecular formula is C14H22ClN3O2. The zero-order valence-corrected chi connectivity index (χ0v) is 13.0. The van der Waals surface area contributed by atoms with Crippen LogP contribution >= 0.6 is 11.6 Å². The van der Waals surface area contributed by atoms with Crippen molar-refractivity contribution in [2.45, 2.75) is 51.7 Å². The van der Waals surface area contributed by atoms with Gasteiger partial charge in [0.25, 0.3) is 0 Å². The van der Waals surface area contributed by atoms with Crippen molar-refractivity contribution in [2.24, 2.45) is 7.05 Å². The predicted octanol–water partition coefficient (Wildman–Crippen LogP) is 1.69. The molecule has 1 aliphatic heterocycles. The van der Waals surface area contributed by atoms with Gasteiger partial charge in [-0.3, -0.25) is 9.48 Å². The van der Waals surface area contributed by atoms with Crippen molar-refractivity contribution < 1.29 is 9.90 Å². The van der Waals surface area contributed by atoms with E-state index in [1.54, 1.807) is 23.6 Å². The smallest absolute Gasteiger partial charge is 0.227 e. The first kappa shape index (κ1) is 15.3. The number of likely N-dealkylation sites (tertiary alicyclic amines) is 1. The quantitative estimate of drug-likeness (QED) is 0.924. The normalized spacial score (nSPS) is 21.1. The third-order valence-corrected chi connectivity index (χ3v) is 4.50. The van der Waals surface area contributed by atoms with Crippen molar-refractivity contribution in [1.29, 1.82) is 0 Å². The molecule has 0 bridgehead atoms. The highest BCUT2D eigenvalue weighted by Gasteiger charge is 2.30. The molecule has 20 heavy (non-hydrogen) atoms. The maximum Gasteiger partial charge on any atom is 0.227 e. The highest BCUT2D eigenvalue weighted by molar-refractivity contribution is 6.30. The number of hydrogen-bond acceptors (Lipinski definition) is 3. The molecule has 2 unspecified atom stereocenters. The van der Waals surface area contributed by atoms with E-state index < -0.39 is 6.10 Å². The van der Waals surface area contributed by atoms with E-state index in [1.807, 2.05) is 6.92 Å². The molecule has 1 amide bonds. The predicted molar refractivity (Wildman–Crippen MR) is 77.7 cm³/mol. The fourth-order valence-corrected chi connectivity index (χ4v) is 3.14. The molecule has 1 saturated heterocycles. The number of carbonyl (C=O) groups is 1. The van der Waals surface area contributed by atoms with Crippen LogP contribution in [0.15, 0.2) is 0 Å². The van der Waals surface area contributed by atoms with E-state index in [0.29, 0.717) is 11.7 Å². The molecule has 6 heteroatoms. The number of aromatic nitrogens is 2. The Kier molecular flexibility index (Phi) is 4.70. The number of rotatable bonds is 3. The maximum atomic E-state index is 12.5. The summed E-state index contributed by atoms with van der Waals surface area (Å²) in [5.74, 6) is 0.0219. The summed E-state index contributed by atoms with van der Waals surface area (Å²) in [4.78, 5) is 14.3. The molecule has 2 rings (SSSR count). The van der Waals surface area contributed by atoms with E-state index in [4.69, 9.17) is 11.6 Å². The summed E-state index contributed by atoms with van der Waals surface area (Å²) in [5, 5.41) is 14.6. The highest BCUT2D eigenvalue weighted by atomic mass is 35.5. The molecule has 0 saturated carbocycles. The SMILES string of the molecule is Cc1nn(C)c(Cl)c1CC(=O)N1CCCCC1C(C)O. The second-order valence-electron chi connectivity index (χ2n) is 5.55. The van der Waals surface area contributed by atoms with Gasteiger partial charge in [-0.1, -0.05) is 11.6 Å². The maximum absolute atomic E-state index is 12.5. The second-order valence-corrected chi connectivity index (χ2v) is 5.90. The summed E-state index contributed by atoms with van der Waals surface area (Å²) in [6.07, 6.45) is 2.68. The monoisotopic (exact) mass is 299 g/mol. The Balaban J connectivity index is 2.14. The van der Waals surface area contributed by atoms with Gasteiger partial charge in [0.1, 0.15) is 5.15 Å². The van der Waals surface area contributed by atoms with E-state index in [1.165, 1.54) is 0 Å². The lowest BCUT2D eigenvalue weighted by Gasteiger charge is -2.37. The van der Waals surface area contributed by atoms with Crippen LogP contribution < -0.4 is 0 Å². The number of amides is 1. The topological polar surface area (TPSA) is 58.4 Å². The lowest BCUT2D eigenvalue weighted by atomic mass is 9.97. The molecule has 0 aromatic carbocycles. The van der Waals surface area contributed by atoms with Crippen molar-refractivity contribution in [2.75, 3.05) is 6.54 Å². The molecule has 112 valence electrons. The van der Waals surface area contributed by atoms with Crippen LogP contribution in [0.4, 0.5) is 0 Å². The third kappa shape index (κ3) is 2.99. The van der Waals surface area contributed by atoms with Gasteiger partial charge in [0.05, 0.1) is 24.3 Å².